The molecule has 0 aromatic rings. The van der Waals surface area contributed by atoms with Gasteiger partial charge in [0.2, 0.25) is 0 Å². The molecule has 2 unspecified atom stereocenters. The number of rotatable bonds is 5. The van der Waals surface area contributed by atoms with Crippen molar-refractivity contribution in [2.45, 2.75) is 26.8 Å². The van der Waals surface area contributed by atoms with Crippen LogP contribution in [-0.4, -0.2) is 24.3 Å². The van der Waals surface area contributed by atoms with Gasteiger partial charge in [-0.05, 0) is 25.0 Å². The number of ketones is 1. The highest BCUT2D eigenvalue weighted by Gasteiger charge is 2.41. The molecular weight excluding hydrogens is 230 g/mol. The number of ether oxygens (including phenoxy) is 1. The summed E-state index contributed by atoms with van der Waals surface area (Å²) in [7, 11) is 0. The summed E-state index contributed by atoms with van der Waals surface area (Å²) in [5.41, 5.74) is 0. The lowest BCUT2D eigenvalue weighted by molar-refractivity contribution is -0.127. The molecule has 18 heavy (non-hydrogen) atoms. The Labute approximate surface area is 107 Å². The third-order valence-corrected chi connectivity index (χ3v) is 3.60. The molecule has 0 saturated heterocycles. The minimum atomic E-state index is -0.166. The lowest BCUT2D eigenvalue weighted by Crippen LogP contribution is -2.39. The number of fused-ring (bicyclic) bond motifs is 1. The molecule has 0 radical (unpaired) electrons. The highest BCUT2D eigenvalue weighted by Crippen LogP contribution is 2.39. The van der Waals surface area contributed by atoms with Gasteiger partial charge >= 0.3 is 0 Å². The first kappa shape index (κ1) is 12.9. The summed E-state index contributed by atoms with van der Waals surface area (Å²) in [5.74, 6) is 0.988. The van der Waals surface area contributed by atoms with E-state index in [2.05, 4.69) is 5.32 Å². The molecule has 1 N–H and O–H groups in total. The Morgan fingerprint density at radius 2 is 2.17 bits per heavy atom. The van der Waals surface area contributed by atoms with Gasteiger partial charge in [-0.2, -0.15) is 0 Å². The smallest absolute Gasteiger partial charge is 0.258 e. The fourth-order valence-electron chi connectivity index (χ4n) is 2.02. The lowest BCUT2D eigenvalue weighted by atomic mass is 9.82. The summed E-state index contributed by atoms with van der Waals surface area (Å²) in [6, 6.07) is 0.124. The number of carbonyl (C=O) groups is 2. The van der Waals surface area contributed by atoms with Crippen molar-refractivity contribution in [3.63, 3.8) is 0 Å². The van der Waals surface area contributed by atoms with E-state index in [0.29, 0.717) is 11.7 Å². The average molecular weight is 249 g/mol. The largest absolute Gasteiger partial charge is 0.488 e. The van der Waals surface area contributed by atoms with Gasteiger partial charge in [0.15, 0.2) is 12.4 Å². The van der Waals surface area contributed by atoms with E-state index in [1.165, 1.54) is 0 Å². The molecule has 1 amide bonds. The zero-order valence-electron chi connectivity index (χ0n) is 11.0. The zero-order chi connectivity index (χ0) is 13.3. The van der Waals surface area contributed by atoms with Crippen LogP contribution < -0.4 is 5.32 Å². The van der Waals surface area contributed by atoms with Gasteiger partial charge in [0, 0.05) is 12.0 Å². The van der Waals surface area contributed by atoms with Gasteiger partial charge in [-0.1, -0.05) is 19.9 Å². The summed E-state index contributed by atoms with van der Waals surface area (Å²) in [5, 5.41) is 2.86. The van der Waals surface area contributed by atoms with Gasteiger partial charge in [0.1, 0.15) is 5.76 Å². The Hall–Kier alpha value is -1.58. The Morgan fingerprint density at radius 1 is 1.44 bits per heavy atom. The SMILES string of the molecule is CC(C)[C@H](C)NC(=O)COC1=CC2C=CC(=O)C12. The first-order valence-corrected chi connectivity index (χ1v) is 6.35. The first-order valence-electron chi connectivity index (χ1n) is 6.35. The van der Waals surface area contributed by atoms with Gasteiger partial charge in [0.25, 0.3) is 5.91 Å². The molecule has 2 aliphatic rings. The van der Waals surface area contributed by atoms with Crippen LogP contribution in [0.4, 0.5) is 0 Å². The maximum Gasteiger partial charge on any atom is 0.258 e. The number of amides is 1. The number of allylic oxidation sites excluding steroid dienone is 4. The van der Waals surface area contributed by atoms with E-state index in [0.717, 1.165) is 0 Å². The highest BCUT2D eigenvalue weighted by atomic mass is 16.5. The predicted octanol–water partition coefficient (Wildman–Crippen LogP) is 1.43. The summed E-state index contributed by atoms with van der Waals surface area (Å²) in [6.07, 6.45) is 5.36. The van der Waals surface area contributed by atoms with Crippen molar-refractivity contribution in [3.8, 4) is 0 Å². The quantitative estimate of drug-likeness (QED) is 0.802. The van der Waals surface area contributed by atoms with Crippen LogP contribution in [0, 0.1) is 17.8 Å². The molecule has 0 saturated carbocycles. The zero-order valence-corrected chi connectivity index (χ0v) is 11.0. The molecular formula is C14H19NO3. The minimum Gasteiger partial charge on any atom is -0.488 e. The van der Waals surface area contributed by atoms with Gasteiger partial charge in [-0.15, -0.1) is 0 Å². The summed E-state index contributed by atoms with van der Waals surface area (Å²) in [4.78, 5) is 23.1. The van der Waals surface area contributed by atoms with E-state index in [1.807, 2.05) is 32.9 Å². The van der Waals surface area contributed by atoms with Gasteiger partial charge in [0.05, 0.1) is 5.92 Å². The van der Waals surface area contributed by atoms with Crippen LogP contribution in [0.3, 0.4) is 0 Å². The third-order valence-electron chi connectivity index (χ3n) is 3.60. The maximum atomic E-state index is 11.6. The van der Waals surface area contributed by atoms with Crippen molar-refractivity contribution in [1.29, 1.82) is 0 Å². The van der Waals surface area contributed by atoms with E-state index in [4.69, 9.17) is 4.74 Å². The van der Waals surface area contributed by atoms with Gasteiger partial charge in [-0.25, -0.2) is 0 Å². The fraction of sp³-hybridized carbons (Fsp3) is 0.571. The molecule has 0 bridgehead atoms. The highest BCUT2D eigenvalue weighted by molar-refractivity contribution is 5.98. The topological polar surface area (TPSA) is 55.4 Å². The van der Waals surface area contributed by atoms with E-state index >= 15 is 0 Å². The van der Waals surface area contributed by atoms with Crippen LogP contribution in [0.5, 0.6) is 0 Å². The molecule has 2 rings (SSSR count). The molecule has 98 valence electrons. The summed E-state index contributed by atoms with van der Waals surface area (Å²) >= 11 is 0. The van der Waals surface area contributed by atoms with E-state index in [1.54, 1.807) is 6.08 Å². The Bertz CT molecular complexity index is 423. The maximum absolute atomic E-state index is 11.6. The number of hydrogen-bond donors (Lipinski definition) is 1. The summed E-state index contributed by atoms with van der Waals surface area (Å²) in [6.45, 7) is 6.05. The second-order valence-electron chi connectivity index (χ2n) is 5.27. The average Bonchev–Trinajstić information content (AvgIpc) is 2.53. The Balaban J connectivity index is 1.75. The molecule has 3 atom stereocenters. The van der Waals surface area contributed by atoms with Gasteiger partial charge < -0.3 is 10.1 Å². The van der Waals surface area contributed by atoms with Gasteiger partial charge in [-0.3, -0.25) is 9.59 Å². The molecule has 0 aromatic heterocycles. The molecule has 4 heteroatoms. The third kappa shape index (κ3) is 2.47. The molecule has 2 aliphatic carbocycles. The monoisotopic (exact) mass is 249 g/mol. The van der Waals surface area contributed by atoms with Crippen LogP contribution in [0.25, 0.3) is 0 Å². The lowest BCUT2D eigenvalue weighted by Gasteiger charge is -2.28. The number of nitrogens with one attached hydrogen (secondary N) is 1. The summed E-state index contributed by atoms with van der Waals surface area (Å²) < 4.78 is 5.39. The van der Waals surface area contributed by atoms with Crippen LogP contribution >= 0.6 is 0 Å². The van der Waals surface area contributed by atoms with E-state index in [-0.39, 0.29) is 36.2 Å². The Morgan fingerprint density at radius 3 is 2.78 bits per heavy atom. The van der Waals surface area contributed by atoms with Crippen LogP contribution in [0.1, 0.15) is 20.8 Å². The van der Waals surface area contributed by atoms with Crippen LogP contribution in [-0.2, 0) is 14.3 Å². The predicted molar refractivity (Wildman–Crippen MR) is 67.6 cm³/mol. The minimum absolute atomic E-state index is 0.0145. The van der Waals surface area contributed by atoms with Crippen molar-refractivity contribution in [1.82, 2.24) is 5.32 Å². The van der Waals surface area contributed by atoms with Crippen molar-refractivity contribution in [2.24, 2.45) is 17.8 Å². The van der Waals surface area contributed by atoms with Crippen LogP contribution in [0.2, 0.25) is 0 Å². The van der Waals surface area contributed by atoms with Crippen molar-refractivity contribution in [3.05, 3.63) is 24.0 Å². The molecule has 0 heterocycles. The van der Waals surface area contributed by atoms with E-state index in [9.17, 15) is 9.59 Å². The van der Waals surface area contributed by atoms with E-state index < -0.39 is 0 Å². The molecule has 0 aliphatic heterocycles. The number of carbonyl (C=O) groups excluding carboxylic acids is 2. The van der Waals surface area contributed by atoms with Crippen molar-refractivity contribution in [2.75, 3.05) is 6.61 Å². The first-order chi connectivity index (χ1) is 8.49. The number of hydrogen-bond acceptors (Lipinski definition) is 3. The van der Waals surface area contributed by atoms with Crippen LogP contribution in [0.15, 0.2) is 24.0 Å². The fourth-order valence-corrected chi connectivity index (χ4v) is 2.02. The van der Waals surface area contributed by atoms with Crippen molar-refractivity contribution >= 4 is 11.7 Å². The molecule has 4 nitrogen and oxygen atoms in total. The molecule has 0 fully saturated rings. The molecule has 0 aromatic carbocycles. The Kier molecular flexibility index (Phi) is 3.55. The second kappa shape index (κ2) is 4.96. The standard InChI is InChI=1S/C14H19NO3/c1-8(2)9(3)15-13(17)7-18-12-6-10-4-5-11(16)14(10)12/h4-6,8-10,14H,7H2,1-3H3,(H,15,17)/t9-,10?,14?/m0/s1. The molecule has 0 spiro atoms. The second-order valence-corrected chi connectivity index (χ2v) is 5.27. The normalized spacial score (nSPS) is 26.4. The van der Waals surface area contributed by atoms with Crippen molar-refractivity contribution < 1.29 is 14.3 Å².